The maximum Gasteiger partial charge on any atom is 0.311 e. The Bertz CT molecular complexity index is 383. The van der Waals surface area contributed by atoms with Crippen molar-refractivity contribution in [2.24, 2.45) is 0 Å². The highest BCUT2D eigenvalue weighted by Gasteiger charge is 2.38. The van der Waals surface area contributed by atoms with E-state index in [1.807, 2.05) is 0 Å². The molecule has 0 aliphatic carbocycles. The summed E-state index contributed by atoms with van der Waals surface area (Å²) in [5.41, 5.74) is 0. The highest BCUT2D eigenvalue weighted by Crippen LogP contribution is 2.20. The average Bonchev–Trinajstić information content (AvgIpc) is 2.13. The van der Waals surface area contributed by atoms with Crippen LogP contribution in [-0.2, 0) is 8.23 Å². The van der Waals surface area contributed by atoms with Crippen molar-refractivity contribution in [3.05, 3.63) is 30.3 Å². The van der Waals surface area contributed by atoms with Gasteiger partial charge in [-0.15, -0.1) is 0 Å². The van der Waals surface area contributed by atoms with E-state index in [-0.39, 0.29) is 0 Å². The summed E-state index contributed by atoms with van der Waals surface area (Å²) in [4.78, 5) is 0. The second-order valence-electron chi connectivity index (χ2n) is 6.59. The third kappa shape index (κ3) is 5.19. The Balaban J connectivity index is 2.83. The summed E-state index contributed by atoms with van der Waals surface area (Å²) < 4.78 is 12.8. The number of benzene rings is 1. The minimum Gasteiger partial charge on any atom is -0.437 e. The zero-order valence-corrected chi connectivity index (χ0v) is 15.7. The van der Waals surface area contributed by atoms with E-state index in [0.717, 1.165) is 0 Å². The summed E-state index contributed by atoms with van der Waals surface area (Å²) in [6, 6.07) is 10.6. The Morgan fingerprint density at radius 1 is 0.722 bits per heavy atom. The maximum atomic E-state index is 6.48. The Kier molecular flexibility index (Phi) is 4.77. The SMILES string of the molecule is C[Si](C)(C)O[Si](C)(C)O[Si](C)(C)c1ccccc1. The largest absolute Gasteiger partial charge is 0.437 e. The van der Waals surface area contributed by atoms with Gasteiger partial charge >= 0.3 is 8.56 Å². The molecule has 5 heteroatoms. The molecule has 0 aromatic heterocycles. The van der Waals surface area contributed by atoms with E-state index in [1.54, 1.807) is 0 Å². The molecule has 0 amide bonds. The van der Waals surface area contributed by atoms with Crippen molar-refractivity contribution in [2.45, 2.75) is 45.8 Å². The van der Waals surface area contributed by atoms with Crippen LogP contribution in [0.15, 0.2) is 30.3 Å². The Morgan fingerprint density at radius 2 is 1.22 bits per heavy atom. The first-order valence-electron chi connectivity index (χ1n) is 6.48. The van der Waals surface area contributed by atoms with Crippen LogP contribution in [-0.4, -0.2) is 25.2 Å². The second-order valence-corrected chi connectivity index (χ2v) is 18.8. The van der Waals surface area contributed by atoms with Gasteiger partial charge in [-0.2, -0.15) is 0 Å². The first-order valence-corrected chi connectivity index (χ1v) is 15.6. The van der Waals surface area contributed by atoms with Gasteiger partial charge < -0.3 is 8.23 Å². The van der Waals surface area contributed by atoms with Gasteiger partial charge in [-0.1, -0.05) is 30.3 Å². The Labute approximate surface area is 115 Å². The fourth-order valence-electron chi connectivity index (χ4n) is 2.27. The van der Waals surface area contributed by atoms with Gasteiger partial charge in [0, 0.05) is 0 Å². The zero-order chi connectivity index (χ0) is 14.0. The molecule has 0 aliphatic rings. The van der Waals surface area contributed by atoms with Crippen LogP contribution in [0.5, 0.6) is 0 Å². The van der Waals surface area contributed by atoms with Crippen molar-refractivity contribution in [1.29, 1.82) is 0 Å². The molecular formula is C13H26O2Si3. The lowest BCUT2D eigenvalue weighted by Gasteiger charge is -2.37. The van der Waals surface area contributed by atoms with Gasteiger partial charge in [-0.25, -0.2) is 0 Å². The molecule has 0 saturated carbocycles. The molecule has 2 nitrogen and oxygen atoms in total. The van der Waals surface area contributed by atoms with Gasteiger partial charge in [-0.05, 0) is 51.0 Å². The molecule has 102 valence electrons. The summed E-state index contributed by atoms with van der Waals surface area (Å²) in [5.74, 6) is 0. The highest BCUT2D eigenvalue weighted by atomic mass is 28.5. The van der Waals surface area contributed by atoms with Crippen LogP contribution >= 0.6 is 0 Å². The Morgan fingerprint density at radius 3 is 1.67 bits per heavy atom. The van der Waals surface area contributed by atoms with E-state index in [0.29, 0.717) is 0 Å². The van der Waals surface area contributed by atoms with E-state index in [2.05, 4.69) is 76.2 Å². The molecule has 18 heavy (non-hydrogen) atoms. The van der Waals surface area contributed by atoms with Crippen molar-refractivity contribution < 1.29 is 8.23 Å². The molecule has 0 N–H and O–H groups in total. The van der Waals surface area contributed by atoms with Crippen molar-refractivity contribution >= 4 is 30.4 Å². The molecule has 0 heterocycles. The van der Waals surface area contributed by atoms with Gasteiger partial charge in [-0.3, -0.25) is 0 Å². The monoisotopic (exact) mass is 298 g/mol. The van der Waals surface area contributed by atoms with Gasteiger partial charge in [0.2, 0.25) is 8.32 Å². The third-order valence-corrected chi connectivity index (χ3v) is 12.7. The summed E-state index contributed by atoms with van der Waals surface area (Å²) in [6.07, 6.45) is 0. The standard InChI is InChI=1S/C13H26O2Si3/c1-16(2,3)14-18(6,7)15-17(4,5)13-11-9-8-10-12-13/h8-12H,1-7H3. The van der Waals surface area contributed by atoms with Crippen molar-refractivity contribution in [2.75, 3.05) is 0 Å². The summed E-state index contributed by atoms with van der Waals surface area (Å²) in [7, 11) is -5.42. The maximum absolute atomic E-state index is 6.48. The highest BCUT2D eigenvalue weighted by molar-refractivity contribution is 6.93. The van der Waals surface area contributed by atoms with Crippen LogP contribution < -0.4 is 5.19 Å². The topological polar surface area (TPSA) is 18.5 Å². The number of rotatable bonds is 5. The molecular weight excluding hydrogens is 272 g/mol. The van der Waals surface area contributed by atoms with E-state index in [1.165, 1.54) is 5.19 Å². The lowest BCUT2D eigenvalue weighted by Crippen LogP contribution is -2.56. The van der Waals surface area contributed by atoms with Gasteiger partial charge in [0.1, 0.15) is 0 Å². The molecule has 1 aromatic carbocycles. The summed E-state index contributed by atoms with van der Waals surface area (Å²) in [5, 5.41) is 1.34. The van der Waals surface area contributed by atoms with Gasteiger partial charge in [0.05, 0.1) is 0 Å². The fraction of sp³-hybridized carbons (Fsp3) is 0.538. The van der Waals surface area contributed by atoms with Crippen LogP contribution in [0.1, 0.15) is 0 Å². The minimum atomic E-state index is -2.03. The number of hydrogen-bond donors (Lipinski definition) is 0. The van der Waals surface area contributed by atoms with Crippen LogP contribution in [0.25, 0.3) is 0 Å². The molecule has 0 aliphatic heterocycles. The summed E-state index contributed by atoms with van der Waals surface area (Å²) >= 11 is 0. The molecule has 0 spiro atoms. The Hall–Kier alpha value is -0.209. The first-order chi connectivity index (χ1) is 8.02. The molecule has 0 unspecified atom stereocenters. The predicted octanol–water partition coefficient (Wildman–Crippen LogP) is 3.67. The van der Waals surface area contributed by atoms with Crippen LogP contribution in [0.2, 0.25) is 45.8 Å². The molecule has 1 rings (SSSR count). The quantitative estimate of drug-likeness (QED) is 0.772. The zero-order valence-electron chi connectivity index (χ0n) is 12.7. The minimum absolute atomic E-state index is 1.34. The van der Waals surface area contributed by atoms with Crippen molar-refractivity contribution in [1.82, 2.24) is 0 Å². The molecule has 0 saturated heterocycles. The summed E-state index contributed by atoms with van der Waals surface area (Å²) in [6.45, 7) is 15.5. The normalized spacial score (nSPS) is 13.7. The first kappa shape index (κ1) is 15.8. The fourth-order valence-corrected chi connectivity index (χ4v) is 15.1. The van der Waals surface area contributed by atoms with Crippen LogP contribution in [0.4, 0.5) is 0 Å². The lowest BCUT2D eigenvalue weighted by molar-refractivity contribution is 0.398. The average molecular weight is 299 g/mol. The predicted molar refractivity (Wildman–Crippen MR) is 86.6 cm³/mol. The van der Waals surface area contributed by atoms with E-state index >= 15 is 0 Å². The third-order valence-electron chi connectivity index (χ3n) is 2.52. The second kappa shape index (κ2) is 5.42. The number of hydrogen-bond acceptors (Lipinski definition) is 2. The van der Waals surface area contributed by atoms with Crippen molar-refractivity contribution in [3.63, 3.8) is 0 Å². The van der Waals surface area contributed by atoms with Gasteiger partial charge in [0.25, 0.3) is 0 Å². The molecule has 0 fully saturated rings. The molecule has 0 radical (unpaired) electrons. The molecule has 0 atom stereocenters. The van der Waals surface area contributed by atoms with Crippen LogP contribution in [0.3, 0.4) is 0 Å². The molecule has 0 bridgehead atoms. The van der Waals surface area contributed by atoms with E-state index in [9.17, 15) is 0 Å². The van der Waals surface area contributed by atoms with E-state index < -0.39 is 25.2 Å². The van der Waals surface area contributed by atoms with Gasteiger partial charge in [0.15, 0.2) is 8.32 Å². The molecule has 1 aromatic rings. The van der Waals surface area contributed by atoms with E-state index in [4.69, 9.17) is 8.23 Å². The smallest absolute Gasteiger partial charge is 0.311 e. The van der Waals surface area contributed by atoms with Crippen LogP contribution in [0, 0.1) is 0 Å². The van der Waals surface area contributed by atoms with Crippen molar-refractivity contribution in [3.8, 4) is 0 Å². The lowest BCUT2D eigenvalue weighted by atomic mass is 10.4.